The molecule has 0 aromatic heterocycles. The van der Waals surface area contributed by atoms with E-state index in [9.17, 15) is 61.5 Å². The van der Waals surface area contributed by atoms with Crippen LogP contribution in [0.5, 0.6) is 0 Å². The summed E-state index contributed by atoms with van der Waals surface area (Å²) < 4.78 is 134. The predicted octanol–water partition coefficient (Wildman–Crippen LogP) is 5.76. The normalized spacial score (nSPS) is 11.9. The molecule has 0 fully saturated rings. The van der Waals surface area contributed by atoms with Crippen molar-refractivity contribution < 1.29 is 61.5 Å². The second-order valence-corrected chi connectivity index (χ2v) is 17.3. The van der Waals surface area contributed by atoms with Crippen LogP contribution in [0.4, 0.5) is 55.1 Å². The van der Waals surface area contributed by atoms with Gasteiger partial charge in [-0.05, 0) is 85.3 Å². The molecular weight excluding hydrogens is 833 g/mol. The Bertz CT molecular complexity index is 2870. The van der Waals surface area contributed by atoms with E-state index in [0.717, 1.165) is 36.4 Å². The Kier molecular flexibility index (Phi) is 11.9. The standard InChI is InChI=1S/C33H30N6O14S4/c1-19-10-11-20(34-21-12-14-30(56(48,49)50)26(17-21)38-32(40)36-23-6-2-4-8-28(23)54(42,43)44)16-25(19)35-22-13-15-31(57(51,52)53)27(18-22)39-33(41)37-24-7-3-5-9-29(24)55(45,46)47/h2-18,34-35H,1H3,(H2,36,38,40)(H2,37,39,41)(H,42,43,44)(H,45,46,47)(H,48,49,50)(H,51,52,53). The lowest BCUT2D eigenvalue weighted by Gasteiger charge is -2.17. The van der Waals surface area contributed by atoms with Gasteiger partial charge in [-0.3, -0.25) is 18.2 Å². The number of nitrogens with one attached hydrogen (secondary N) is 6. The smallest absolute Gasteiger partial charge is 0.323 e. The Morgan fingerprint density at radius 1 is 0.404 bits per heavy atom. The number of carbonyl (C=O) groups excluding carboxylic acids is 2. The van der Waals surface area contributed by atoms with Crippen LogP contribution in [0.2, 0.25) is 0 Å². The Labute approximate surface area is 325 Å². The molecule has 4 amide bonds. The molecule has 0 saturated heterocycles. The lowest BCUT2D eigenvalue weighted by molar-refractivity contribution is 0.261. The minimum atomic E-state index is -4.90. The first-order valence-electron chi connectivity index (χ1n) is 15.7. The first kappa shape index (κ1) is 42.0. The summed E-state index contributed by atoms with van der Waals surface area (Å²) in [4.78, 5) is 23.0. The Hall–Kier alpha value is -6.12. The average Bonchev–Trinajstić information content (AvgIpc) is 3.08. The molecular formula is C33H30N6O14S4. The van der Waals surface area contributed by atoms with Crippen LogP contribution in [0.1, 0.15) is 5.56 Å². The van der Waals surface area contributed by atoms with Crippen molar-refractivity contribution in [1.29, 1.82) is 0 Å². The zero-order chi connectivity index (χ0) is 41.9. The van der Waals surface area contributed by atoms with Crippen molar-refractivity contribution in [3.63, 3.8) is 0 Å². The number of carbonyl (C=O) groups is 2. The molecule has 0 aliphatic carbocycles. The van der Waals surface area contributed by atoms with Crippen molar-refractivity contribution in [2.75, 3.05) is 31.9 Å². The third-order valence-corrected chi connectivity index (χ3v) is 11.3. The van der Waals surface area contributed by atoms with Gasteiger partial charge in [0.1, 0.15) is 19.6 Å². The van der Waals surface area contributed by atoms with Gasteiger partial charge in [0.05, 0.1) is 22.7 Å². The fraction of sp³-hybridized carbons (Fsp3) is 0.0303. The highest BCUT2D eigenvalue weighted by Crippen LogP contribution is 2.33. The largest absolute Gasteiger partial charge is 0.355 e. The topological polar surface area (TPSA) is 324 Å². The number of anilines is 8. The fourth-order valence-electron chi connectivity index (χ4n) is 5.16. The van der Waals surface area contributed by atoms with Crippen LogP contribution in [-0.2, 0) is 40.5 Å². The number of benzene rings is 5. The van der Waals surface area contributed by atoms with E-state index in [1.54, 1.807) is 25.1 Å². The van der Waals surface area contributed by atoms with E-state index in [-0.39, 0.29) is 22.7 Å². The summed E-state index contributed by atoms with van der Waals surface area (Å²) in [5, 5.41) is 14.9. The van der Waals surface area contributed by atoms with Gasteiger partial charge in [0.25, 0.3) is 40.5 Å². The van der Waals surface area contributed by atoms with E-state index in [2.05, 4.69) is 31.9 Å². The van der Waals surface area contributed by atoms with Gasteiger partial charge in [-0.25, -0.2) is 9.59 Å². The molecule has 24 heteroatoms. The molecule has 0 radical (unpaired) electrons. The maximum absolute atomic E-state index is 12.9. The molecule has 0 saturated carbocycles. The van der Waals surface area contributed by atoms with Crippen LogP contribution in [0.25, 0.3) is 0 Å². The zero-order valence-electron chi connectivity index (χ0n) is 28.8. The van der Waals surface area contributed by atoms with Gasteiger partial charge in [-0.1, -0.05) is 30.3 Å². The highest BCUT2D eigenvalue weighted by atomic mass is 32.2. The summed E-state index contributed by atoms with van der Waals surface area (Å²) >= 11 is 0. The Morgan fingerprint density at radius 2 is 0.719 bits per heavy atom. The summed E-state index contributed by atoms with van der Waals surface area (Å²) in [5.74, 6) is 0. The third-order valence-electron chi connectivity index (χ3n) is 7.64. The van der Waals surface area contributed by atoms with Gasteiger partial charge in [-0.2, -0.15) is 33.7 Å². The van der Waals surface area contributed by atoms with Crippen LogP contribution in [0, 0.1) is 6.92 Å². The minimum Gasteiger partial charge on any atom is -0.355 e. The third kappa shape index (κ3) is 10.8. The van der Waals surface area contributed by atoms with Crippen molar-refractivity contribution in [3.05, 3.63) is 109 Å². The van der Waals surface area contributed by atoms with Crippen LogP contribution in [-0.4, -0.2) is 63.9 Å². The number of hydrogen-bond donors (Lipinski definition) is 10. The highest BCUT2D eigenvalue weighted by molar-refractivity contribution is 7.86. The maximum Gasteiger partial charge on any atom is 0.323 e. The van der Waals surface area contributed by atoms with Crippen molar-refractivity contribution in [1.82, 2.24) is 0 Å². The number of hydrogen-bond acceptors (Lipinski definition) is 12. The van der Waals surface area contributed by atoms with Crippen LogP contribution >= 0.6 is 0 Å². The number of aryl methyl sites for hydroxylation is 1. The maximum atomic E-state index is 12.9. The Balaban J connectivity index is 1.39. The number of urea groups is 2. The molecule has 5 rings (SSSR count). The van der Waals surface area contributed by atoms with Gasteiger partial charge in [-0.15, -0.1) is 0 Å². The van der Waals surface area contributed by atoms with Crippen LogP contribution < -0.4 is 31.9 Å². The lowest BCUT2D eigenvalue weighted by atomic mass is 10.1. The van der Waals surface area contributed by atoms with Crippen molar-refractivity contribution in [3.8, 4) is 0 Å². The minimum absolute atomic E-state index is 0.177. The quantitative estimate of drug-likeness (QED) is 0.0667. The first-order chi connectivity index (χ1) is 26.5. The molecule has 5 aromatic carbocycles. The molecule has 57 heavy (non-hydrogen) atoms. The van der Waals surface area contributed by atoms with Crippen molar-refractivity contribution in [2.24, 2.45) is 0 Å². The van der Waals surface area contributed by atoms with Crippen molar-refractivity contribution >= 4 is 98.0 Å². The molecule has 0 aliphatic heterocycles. The molecule has 0 spiro atoms. The molecule has 10 N–H and O–H groups in total. The lowest BCUT2D eigenvalue weighted by Crippen LogP contribution is -2.22. The number of amides is 4. The van der Waals surface area contributed by atoms with E-state index in [1.807, 2.05) is 0 Å². The molecule has 20 nitrogen and oxygen atoms in total. The molecule has 0 aliphatic rings. The fourth-order valence-corrected chi connectivity index (χ4v) is 7.71. The molecule has 300 valence electrons. The monoisotopic (exact) mass is 862 g/mol. The van der Waals surface area contributed by atoms with Gasteiger partial charge < -0.3 is 31.9 Å². The first-order valence-corrected chi connectivity index (χ1v) is 21.4. The van der Waals surface area contributed by atoms with Gasteiger partial charge in [0.15, 0.2) is 0 Å². The zero-order valence-corrected chi connectivity index (χ0v) is 32.1. The predicted molar refractivity (Wildman–Crippen MR) is 208 cm³/mol. The second kappa shape index (κ2) is 16.2. The summed E-state index contributed by atoms with van der Waals surface area (Å²) in [5.41, 5.74) is 0.241. The summed E-state index contributed by atoms with van der Waals surface area (Å²) in [6.07, 6.45) is 0. The second-order valence-electron chi connectivity index (χ2n) is 11.8. The molecule has 0 unspecified atom stereocenters. The van der Waals surface area contributed by atoms with E-state index < -0.39 is 83.5 Å². The van der Waals surface area contributed by atoms with Gasteiger partial charge >= 0.3 is 12.1 Å². The van der Waals surface area contributed by atoms with Crippen LogP contribution in [0.3, 0.4) is 0 Å². The van der Waals surface area contributed by atoms with Gasteiger partial charge in [0.2, 0.25) is 0 Å². The number of rotatable bonds is 12. The van der Waals surface area contributed by atoms with Gasteiger partial charge in [0, 0.05) is 22.7 Å². The van der Waals surface area contributed by atoms with E-state index in [1.165, 1.54) is 48.5 Å². The number of para-hydroxylation sites is 2. The molecule has 0 heterocycles. The van der Waals surface area contributed by atoms with E-state index in [0.29, 0.717) is 16.9 Å². The Morgan fingerprint density at radius 3 is 1.12 bits per heavy atom. The summed E-state index contributed by atoms with van der Waals surface area (Å²) in [7, 11) is -19.3. The van der Waals surface area contributed by atoms with E-state index >= 15 is 0 Å². The van der Waals surface area contributed by atoms with E-state index in [4.69, 9.17) is 0 Å². The molecule has 5 aromatic rings. The SMILES string of the molecule is Cc1ccc(Nc2ccc(S(=O)(=O)O)c(NC(=O)Nc3ccccc3S(=O)(=O)O)c2)cc1Nc1ccc(S(=O)(=O)O)c(NC(=O)Nc2ccccc2S(=O)(=O)O)c1. The summed E-state index contributed by atoms with van der Waals surface area (Å²) in [6, 6.07) is 19.1. The highest BCUT2D eigenvalue weighted by Gasteiger charge is 2.22. The molecule has 0 atom stereocenters. The summed E-state index contributed by atoms with van der Waals surface area (Å²) in [6.45, 7) is 1.71. The average molecular weight is 863 g/mol. The molecule has 0 bridgehead atoms. The van der Waals surface area contributed by atoms with Crippen LogP contribution in [0.15, 0.2) is 123 Å². The van der Waals surface area contributed by atoms with Crippen molar-refractivity contribution in [2.45, 2.75) is 26.5 Å².